The monoisotopic (exact) mass is 410 g/mol. The molecular formula is C18H35IO2. The normalized spacial score (nSPS) is 12.5. The molecule has 0 aromatic rings. The molecule has 1 atom stereocenters. The number of carbonyl (C=O) groups is 1. The summed E-state index contributed by atoms with van der Waals surface area (Å²) < 4.78 is 0.951. The van der Waals surface area contributed by atoms with Gasteiger partial charge in [0.25, 0.3) is 0 Å². The zero-order valence-electron chi connectivity index (χ0n) is 13.9. The molecule has 0 radical (unpaired) electrons. The van der Waals surface area contributed by atoms with Crippen LogP contribution < -0.4 is 0 Å². The lowest BCUT2D eigenvalue weighted by atomic mass is 9.98. The maximum atomic E-state index is 11.0. The van der Waals surface area contributed by atoms with Gasteiger partial charge in [0.05, 0.1) is 5.92 Å². The Hall–Kier alpha value is 0.200. The molecule has 0 saturated heterocycles. The lowest BCUT2D eigenvalue weighted by Crippen LogP contribution is -2.13. The molecule has 0 aromatic heterocycles. The van der Waals surface area contributed by atoms with Crippen molar-refractivity contribution in [1.29, 1.82) is 0 Å². The zero-order chi connectivity index (χ0) is 15.8. The molecule has 0 spiro atoms. The van der Waals surface area contributed by atoms with Crippen LogP contribution in [0.25, 0.3) is 0 Å². The number of hydrogen-bond acceptors (Lipinski definition) is 1. The molecule has 2 nitrogen and oxygen atoms in total. The Kier molecular flexibility index (Phi) is 16.7. The molecule has 0 aliphatic rings. The van der Waals surface area contributed by atoms with Gasteiger partial charge in [-0.2, -0.15) is 0 Å². The lowest BCUT2D eigenvalue weighted by Gasteiger charge is -2.10. The first-order valence-electron chi connectivity index (χ1n) is 9.01. The number of alkyl halides is 1. The maximum absolute atomic E-state index is 11.0. The third kappa shape index (κ3) is 14.9. The molecule has 0 aliphatic heterocycles. The van der Waals surface area contributed by atoms with Crippen LogP contribution in [-0.2, 0) is 4.79 Å². The van der Waals surface area contributed by atoms with E-state index in [-0.39, 0.29) is 5.92 Å². The number of aliphatic carboxylic acids is 1. The Bertz CT molecular complexity index is 231. The largest absolute Gasteiger partial charge is 0.481 e. The summed E-state index contributed by atoms with van der Waals surface area (Å²) in [6, 6.07) is 0. The maximum Gasteiger partial charge on any atom is 0.306 e. The Morgan fingerprint density at radius 3 is 1.62 bits per heavy atom. The molecule has 0 rings (SSSR count). The number of rotatable bonds is 16. The molecule has 1 N–H and O–H groups in total. The van der Waals surface area contributed by atoms with Crippen LogP contribution in [0.5, 0.6) is 0 Å². The zero-order valence-corrected chi connectivity index (χ0v) is 16.1. The summed E-state index contributed by atoms with van der Waals surface area (Å²) in [6.45, 7) is 2.26. The van der Waals surface area contributed by atoms with Crippen LogP contribution in [0, 0.1) is 5.92 Å². The van der Waals surface area contributed by atoms with Gasteiger partial charge in [0.1, 0.15) is 0 Å². The van der Waals surface area contributed by atoms with Gasteiger partial charge >= 0.3 is 5.97 Å². The average molecular weight is 410 g/mol. The van der Waals surface area contributed by atoms with E-state index in [0.717, 1.165) is 23.7 Å². The van der Waals surface area contributed by atoms with E-state index in [0.29, 0.717) is 0 Å². The molecule has 21 heavy (non-hydrogen) atoms. The number of hydrogen-bond donors (Lipinski definition) is 1. The highest BCUT2D eigenvalue weighted by Gasteiger charge is 2.15. The van der Waals surface area contributed by atoms with Gasteiger partial charge in [-0.3, -0.25) is 4.79 Å². The van der Waals surface area contributed by atoms with Crippen LogP contribution in [0.4, 0.5) is 0 Å². The van der Waals surface area contributed by atoms with Crippen molar-refractivity contribution < 1.29 is 9.90 Å². The van der Waals surface area contributed by atoms with E-state index in [9.17, 15) is 4.79 Å². The van der Waals surface area contributed by atoms with Crippen LogP contribution in [0.15, 0.2) is 0 Å². The van der Waals surface area contributed by atoms with Gasteiger partial charge in [0.15, 0.2) is 0 Å². The quantitative estimate of drug-likeness (QED) is 0.177. The number of unbranched alkanes of at least 4 members (excludes halogenated alkanes) is 11. The Morgan fingerprint density at radius 2 is 1.24 bits per heavy atom. The molecule has 3 heteroatoms. The summed E-state index contributed by atoms with van der Waals surface area (Å²) in [5.41, 5.74) is 0. The van der Waals surface area contributed by atoms with E-state index >= 15 is 0 Å². The highest BCUT2D eigenvalue weighted by Crippen LogP contribution is 2.17. The number of halogens is 1. The molecule has 1 unspecified atom stereocenters. The van der Waals surface area contributed by atoms with Gasteiger partial charge in [-0.1, -0.05) is 107 Å². The van der Waals surface area contributed by atoms with Crippen molar-refractivity contribution >= 4 is 28.6 Å². The molecule has 126 valence electrons. The molecule has 0 aliphatic carbocycles. The lowest BCUT2D eigenvalue weighted by molar-refractivity contribution is -0.142. The third-order valence-electron chi connectivity index (χ3n) is 4.21. The summed E-state index contributed by atoms with van der Waals surface area (Å²) in [4.78, 5) is 11.0. The van der Waals surface area contributed by atoms with Crippen molar-refractivity contribution in [2.45, 2.75) is 96.8 Å². The predicted octanol–water partition coefficient (Wildman–Crippen LogP) is 6.60. The minimum atomic E-state index is -0.602. The highest BCUT2D eigenvalue weighted by atomic mass is 127. The van der Waals surface area contributed by atoms with E-state index in [2.05, 4.69) is 29.5 Å². The molecule has 0 fully saturated rings. The van der Waals surface area contributed by atoms with Gasteiger partial charge in [-0.15, -0.1) is 0 Å². The van der Waals surface area contributed by atoms with Crippen LogP contribution in [0.2, 0.25) is 0 Å². The van der Waals surface area contributed by atoms with E-state index in [1.54, 1.807) is 0 Å². The van der Waals surface area contributed by atoms with Crippen LogP contribution >= 0.6 is 22.6 Å². The van der Waals surface area contributed by atoms with E-state index in [4.69, 9.17) is 5.11 Å². The minimum Gasteiger partial charge on any atom is -0.481 e. The van der Waals surface area contributed by atoms with Crippen LogP contribution in [0.1, 0.15) is 96.8 Å². The molecule has 0 aromatic carbocycles. The summed E-state index contributed by atoms with van der Waals surface area (Å²) in [5.74, 6) is -0.709. The van der Waals surface area contributed by atoms with Gasteiger partial charge < -0.3 is 5.11 Å². The van der Waals surface area contributed by atoms with Crippen molar-refractivity contribution in [3.05, 3.63) is 0 Å². The smallest absolute Gasteiger partial charge is 0.306 e. The second-order valence-electron chi connectivity index (χ2n) is 6.19. The topological polar surface area (TPSA) is 37.3 Å². The standard InChI is InChI=1S/C18H35IO2/c1-2-3-4-5-6-7-8-9-10-11-12-13-14-17(15-16-19)18(20)21/h17H,2-16H2,1H3,(H,20,21). The Balaban J connectivity index is 3.23. The summed E-state index contributed by atoms with van der Waals surface area (Å²) in [7, 11) is 0. The van der Waals surface area contributed by atoms with Crippen molar-refractivity contribution in [3.8, 4) is 0 Å². The van der Waals surface area contributed by atoms with Crippen molar-refractivity contribution in [1.82, 2.24) is 0 Å². The Morgan fingerprint density at radius 1 is 0.810 bits per heavy atom. The molecule has 0 bridgehead atoms. The fourth-order valence-electron chi connectivity index (χ4n) is 2.75. The summed E-state index contributed by atoms with van der Waals surface area (Å²) in [6.07, 6.45) is 17.7. The fraction of sp³-hybridized carbons (Fsp3) is 0.944. The predicted molar refractivity (Wildman–Crippen MR) is 100 cm³/mol. The fourth-order valence-corrected chi connectivity index (χ4v) is 3.51. The molecule has 0 saturated carbocycles. The van der Waals surface area contributed by atoms with Crippen LogP contribution in [-0.4, -0.2) is 15.5 Å². The minimum absolute atomic E-state index is 0.106. The SMILES string of the molecule is CCCCCCCCCCCCCCC(CCI)C(=O)O. The van der Waals surface area contributed by atoms with Crippen molar-refractivity contribution in [2.75, 3.05) is 4.43 Å². The van der Waals surface area contributed by atoms with Gasteiger partial charge in [-0.05, 0) is 12.8 Å². The summed E-state index contributed by atoms with van der Waals surface area (Å²) in [5, 5.41) is 9.08. The second-order valence-corrected chi connectivity index (χ2v) is 7.27. The molecule has 0 heterocycles. The summed E-state index contributed by atoms with van der Waals surface area (Å²) >= 11 is 2.27. The van der Waals surface area contributed by atoms with E-state index < -0.39 is 5.97 Å². The van der Waals surface area contributed by atoms with Gasteiger partial charge in [0.2, 0.25) is 0 Å². The Labute approximate surface area is 145 Å². The van der Waals surface area contributed by atoms with Crippen molar-refractivity contribution in [2.24, 2.45) is 5.92 Å². The van der Waals surface area contributed by atoms with Crippen LogP contribution in [0.3, 0.4) is 0 Å². The van der Waals surface area contributed by atoms with Crippen molar-refractivity contribution in [3.63, 3.8) is 0 Å². The van der Waals surface area contributed by atoms with Gasteiger partial charge in [-0.25, -0.2) is 0 Å². The second kappa shape index (κ2) is 16.6. The van der Waals surface area contributed by atoms with E-state index in [1.807, 2.05) is 0 Å². The third-order valence-corrected chi connectivity index (χ3v) is 4.84. The molecular weight excluding hydrogens is 375 g/mol. The molecule has 0 amide bonds. The number of carboxylic acid groups (broad SMARTS) is 1. The first-order valence-corrected chi connectivity index (χ1v) is 10.5. The van der Waals surface area contributed by atoms with E-state index in [1.165, 1.54) is 70.6 Å². The first-order chi connectivity index (χ1) is 10.2. The first kappa shape index (κ1) is 21.2. The highest BCUT2D eigenvalue weighted by molar-refractivity contribution is 14.1. The van der Waals surface area contributed by atoms with Gasteiger partial charge in [0, 0.05) is 4.43 Å². The number of carboxylic acids is 1. The average Bonchev–Trinajstić information content (AvgIpc) is 2.47.